The van der Waals surface area contributed by atoms with Crippen LogP contribution in [0.5, 0.6) is 0 Å². The molecule has 0 N–H and O–H groups in total. The smallest absolute Gasteiger partial charge is 0.247 e. The lowest BCUT2D eigenvalue weighted by Crippen LogP contribution is -2.52. The lowest BCUT2D eigenvalue weighted by atomic mass is 10.4. The molecule has 62 valence electrons. The average molecular weight is 175 g/mol. The summed E-state index contributed by atoms with van der Waals surface area (Å²) >= 11 is 6.02. The first-order chi connectivity index (χ1) is 5.25. The summed E-state index contributed by atoms with van der Waals surface area (Å²) in [4.78, 5) is 8.03. The first kappa shape index (κ1) is 8.68. The fourth-order valence-electron chi connectivity index (χ4n) is 1.13. The molecule has 0 radical (unpaired) electrons. The maximum Gasteiger partial charge on any atom is 0.267 e. The number of nitrogens with zero attached hydrogens (tertiary/aromatic N) is 3. The third kappa shape index (κ3) is 1.44. The van der Waals surface area contributed by atoms with E-state index in [4.69, 9.17) is 11.6 Å². The van der Waals surface area contributed by atoms with Crippen molar-refractivity contribution in [2.45, 2.75) is 19.5 Å². The van der Waals surface area contributed by atoms with Crippen LogP contribution in [-0.4, -0.2) is 35.9 Å². The molecule has 1 rings (SSSR count). The van der Waals surface area contributed by atoms with Gasteiger partial charge in [0.15, 0.2) is 6.34 Å². The Hall–Kier alpha value is -0.410. The van der Waals surface area contributed by atoms with Gasteiger partial charge in [-0.15, -0.1) is 0 Å². The molecule has 1 aliphatic heterocycles. The van der Waals surface area contributed by atoms with E-state index in [2.05, 4.69) is 23.8 Å². The first-order valence-corrected chi connectivity index (χ1v) is 4.25. The Balaban J connectivity index is 2.82. The number of quaternary nitrogens is 1. The normalized spacial score (nSPS) is 27.4. The van der Waals surface area contributed by atoms with E-state index in [-0.39, 0.29) is 5.62 Å². The van der Waals surface area contributed by atoms with Crippen molar-refractivity contribution in [2.24, 2.45) is 9.98 Å². The van der Waals surface area contributed by atoms with Gasteiger partial charge in [-0.2, -0.15) is 9.98 Å². The molecule has 0 amide bonds. The Kier molecular flexibility index (Phi) is 2.62. The molecule has 0 aromatic heterocycles. The van der Waals surface area contributed by atoms with E-state index in [9.17, 15) is 0 Å². The van der Waals surface area contributed by atoms with Crippen LogP contribution >= 0.6 is 11.6 Å². The fourth-order valence-corrected chi connectivity index (χ4v) is 1.51. The average Bonchev–Trinajstić information content (AvgIpc) is 2.06. The monoisotopic (exact) mass is 174 g/mol. The highest BCUT2D eigenvalue weighted by Gasteiger charge is 2.31. The molecule has 0 saturated heterocycles. The van der Waals surface area contributed by atoms with Gasteiger partial charge in [0, 0.05) is 0 Å². The quantitative estimate of drug-likeness (QED) is 0.344. The second-order valence-corrected chi connectivity index (χ2v) is 2.97. The first-order valence-electron chi connectivity index (χ1n) is 3.81. The van der Waals surface area contributed by atoms with Crippen LogP contribution in [0.1, 0.15) is 13.8 Å². The topological polar surface area (TPSA) is 24.7 Å². The van der Waals surface area contributed by atoms with Crippen molar-refractivity contribution in [1.82, 2.24) is 0 Å². The molecule has 0 aromatic rings. The number of rotatable bonds is 2. The molecule has 1 aliphatic rings. The maximum absolute atomic E-state index is 6.02. The van der Waals surface area contributed by atoms with Gasteiger partial charge in [-0.25, -0.2) is 4.48 Å². The van der Waals surface area contributed by atoms with Gasteiger partial charge in [0.05, 0.1) is 13.1 Å². The van der Waals surface area contributed by atoms with Gasteiger partial charge >= 0.3 is 0 Å². The highest BCUT2D eigenvalue weighted by molar-refractivity contribution is 6.20. The predicted octanol–water partition coefficient (Wildman–Crippen LogP) is 1.44. The molecule has 3 nitrogen and oxygen atoms in total. The summed E-state index contributed by atoms with van der Waals surface area (Å²) in [5.74, 6) is 0. The molecule has 4 heteroatoms. The minimum atomic E-state index is -0.192. The van der Waals surface area contributed by atoms with Crippen molar-refractivity contribution in [3.63, 3.8) is 0 Å². The van der Waals surface area contributed by atoms with E-state index >= 15 is 0 Å². The molecule has 1 atom stereocenters. The van der Waals surface area contributed by atoms with Crippen molar-refractivity contribution < 1.29 is 4.48 Å². The Morgan fingerprint density at radius 2 is 2.09 bits per heavy atom. The van der Waals surface area contributed by atoms with Gasteiger partial charge in [-0.1, -0.05) is 0 Å². The fraction of sp³-hybridized carbons (Fsp3) is 0.714. The molecular formula is C7H13ClN3+. The Morgan fingerprint density at radius 3 is 2.45 bits per heavy atom. The van der Waals surface area contributed by atoms with Gasteiger partial charge < -0.3 is 0 Å². The Bertz CT molecular complexity index is 184. The van der Waals surface area contributed by atoms with Crippen molar-refractivity contribution in [3.8, 4) is 0 Å². The summed E-state index contributed by atoms with van der Waals surface area (Å²) in [5.41, 5.74) is -0.192. The Labute approximate surface area is 72.0 Å². The van der Waals surface area contributed by atoms with E-state index in [1.165, 1.54) is 6.34 Å². The second kappa shape index (κ2) is 3.32. The molecule has 0 saturated carbocycles. The van der Waals surface area contributed by atoms with Crippen LogP contribution in [0.4, 0.5) is 0 Å². The molecule has 0 fully saturated rings. The van der Waals surface area contributed by atoms with Crippen LogP contribution < -0.4 is 0 Å². The highest BCUT2D eigenvalue weighted by Crippen LogP contribution is 2.17. The summed E-state index contributed by atoms with van der Waals surface area (Å²) in [5, 5.41) is 0. The van der Waals surface area contributed by atoms with E-state index < -0.39 is 0 Å². The molecule has 0 spiro atoms. The third-order valence-corrected chi connectivity index (χ3v) is 2.66. The van der Waals surface area contributed by atoms with Crippen molar-refractivity contribution >= 4 is 24.3 Å². The summed E-state index contributed by atoms with van der Waals surface area (Å²) < 4.78 is 0.651. The van der Waals surface area contributed by atoms with Crippen LogP contribution in [0.15, 0.2) is 9.98 Å². The summed E-state index contributed by atoms with van der Waals surface area (Å²) in [7, 11) is 0. The summed E-state index contributed by atoms with van der Waals surface area (Å²) in [6.07, 6.45) is 3.38. The number of hydrogen-bond acceptors (Lipinski definition) is 2. The summed E-state index contributed by atoms with van der Waals surface area (Å²) in [6, 6.07) is 0. The standard InChI is InChI=1S/C7H13ClN3/c1-3-11(4-2)6-9-5-10-7(11)8/h5-7H,3-4H2,1-2H3/q+1. The largest absolute Gasteiger partial charge is 0.267 e. The van der Waals surface area contributed by atoms with Crippen LogP contribution in [0.25, 0.3) is 0 Å². The van der Waals surface area contributed by atoms with Gasteiger partial charge in [-0.05, 0) is 25.4 Å². The van der Waals surface area contributed by atoms with Crippen molar-refractivity contribution in [2.75, 3.05) is 13.1 Å². The van der Waals surface area contributed by atoms with E-state index in [1.54, 1.807) is 0 Å². The van der Waals surface area contributed by atoms with E-state index in [0.717, 1.165) is 13.1 Å². The van der Waals surface area contributed by atoms with Crippen molar-refractivity contribution in [1.29, 1.82) is 0 Å². The zero-order valence-corrected chi connectivity index (χ0v) is 7.62. The third-order valence-electron chi connectivity index (χ3n) is 2.15. The minimum Gasteiger partial charge on any atom is -0.247 e. The molecule has 1 unspecified atom stereocenters. The van der Waals surface area contributed by atoms with Gasteiger partial charge in [0.25, 0.3) is 5.62 Å². The molecule has 0 aliphatic carbocycles. The molecular weight excluding hydrogens is 162 g/mol. The maximum atomic E-state index is 6.02. The molecule has 0 bridgehead atoms. The number of aliphatic imine (C=N–C) groups is 2. The van der Waals surface area contributed by atoms with E-state index in [1.807, 2.05) is 6.34 Å². The zero-order chi connectivity index (χ0) is 8.32. The van der Waals surface area contributed by atoms with Gasteiger partial charge in [-0.3, -0.25) is 0 Å². The van der Waals surface area contributed by atoms with Gasteiger partial charge in [0.2, 0.25) is 0 Å². The lowest BCUT2D eigenvalue weighted by molar-refractivity contribution is -0.843. The van der Waals surface area contributed by atoms with Gasteiger partial charge in [0.1, 0.15) is 6.34 Å². The summed E-state index contributed by atoms with van der Waals surface area (Å²) in [6.45, 7) is 6.05. The molecule has 1 heterocycles. The zero-order valence-electron chi connectivity index (χ0n) is 6.87. The van der Waals surface area contributed by atoms with Crippen LogP contribution in [0.3, 0.4) is 0 Å². The SMILES string of the molecule is CC[N+]1(CC)C=NC=NC1Cl. The minimum absolute atomic E-state index is 0.192. The second-order valence-electron chi connectivity index (χ2n) is 2.58. The van der Waals surface area contributed by atoms with E-state index in [0.29, 0.717) is 4.48 Å². The number of hydrogen-bond donors (Lipinski definition) is 0. The highest BCUT2D eigenvalue weighted by atomic mass is 35.5. The van der Waals surface area contributed by atoms with Crippen LogP contribution in [0, 0.1) is 0 Å². The Morgan fingerprint density at radius 1 is 1.45 bits per heavy atom. The lowest BCUT2D eigenvalue weighted by Gasteiger charge is -2.34. The van der Waals surface area contributed by atoms with Crippen LogP contribution in [0.2, 0.25) is 0 Å². The molecule has 11 heavy (non-hydrogen) atoms. The number of alkyl halides is 1. The number of halogens is 1. The predicted molar refractivity (Wildman–Crippen MR) is 48.0 cm³/mol. The van der Waals surface area contributed by atoms with Crippen molar-refractivity contribution in [3.05, 3.63) is 0 Å². The van der Waals surface area contributed by atoms with Crippen LogP contribution in [-0.2, 0) is 0 Å². The molecule has 0 aromatic carbocycles.